The molecule has 4 nitrogen and oxygen atoms in total. The van der Waals surface area contributed by atoms with E-state index in [0.29, 0.717) is 5.92 Å². The van der Waals surface area contributed by atoms with E-state index in [1.807, 2.05) is 19.9 Å². The highest BCUT2D eigenvalue weighted by molar-refractivity contribution is 5.78. The largest absolute Gasteiger partial charge is 0.381 e. The Labute approximate surface area is 90.6 Å². The van der Waals surface area contributed by atoms with Crippen LogP contribution in [0.2, 0.25) is 0 Å². The van der Waals surface area contributed by atoms with E-state index in [9.17, 15) is 4.79 Å². The highest BCUT2D eigenvalue weighted by Gasteiger charge is 2.31. The average Bonchev–Trinajstić information content (AvgIpc) is 2.18. The van der Waals surface area contributed by atoms with Crippen LogP contribution < -0.4 is 5.32 Å². The first kappa shape index (κ1) is 12.0. The Hall–Kier alpha value is -1.08. The minimum atomic E-state index is -0.238. The molecule has 1 saturated heterocycles. The van der Waals surface area contributed by atoms with Crippen LogP contribution >= 0.6 is 0 Å². The summed E-state index contributed by atoms with van der Waals surface area (Å²) >= 11 is 0. The molecule has 1 amide bonds. The summed E-state index contributed by atoms with van der Waals surface area (Å²) in [7, 11) is 0. The van der Waals surface area contributed by atoms with Crippen molar-refractivity contribution >= 4 is 5.91 Å². The summed E-state index contributed by atoms with van der Waals surface area (Å²) in [5.41, 5.74) is -0.238. The maximum Gasteiger partial charge on any atom is 0.234 e. The van der Waals surface area contributed by atoms with Gasteiger partial charge in [-0.2, -0.15) is 5.26 Å². The van der Waals surface area contributed by atoms with Crippen molar-refractivity contribution in [2.24, 2.45) is 5.92 Å². The van der Waals surface area contributed by atoms with Gasteiger partial charge in [-0.25, -0.2) is 0 Å². The van der Waals surface area contributed by atoms with Crippen LogP contribution in [0.25, 0.3) is 0 Å². The Kier molecular flexibility index (Phi) is 4.10. The van der Waals surface area contributed by atoms with Gasteiger partial charge < -0.3 is 10.1 Å². The van der Waals surface area contributed by atoms with E-state index in [4.69, 9.17) is 10.00 Å². The number of hydrogen-bond acceptors (Lipinski definition) is 3. The molecule has 0 aromatic rings. The standard InChI is InChI=1S/C11H18N2O2/c1-11(2,13-10(14)3-6-12)9-4-7-15-8-5-9/h9H,3-5,7-8H2,1-2H3,(H,13,14). The number of nitrogens with zero attached hydrogens (tertiary/aromatic N) is 1. The summed E-state index contributed by atoms with van der Waals surface area (Å²) in [6, 6.07) is 1.86. The van der Waals surface area contributed by atoms with Gasteiger partial charge in [0.25, 0.3) is 0 Å². The van der Waals surface area contributed by atoms with E-state index >= 15 is 0 Å². The highest BCUT2D eigenvalue weighted by Crippen LogP contribution is 2.26. The third-order valence-electron chi connectivity index (χ3n) is 2.94. The lowest BCUT2D eigenvalue weighted by Crippen LogP contribution is -2.50. The number of nitrogens with one attached hydrogen (secondary N) is 1. The summed E-state index contributed by atoms with van der Waals surface area (Å²) in [6.45, 7) is 5.56. The Morgan fingerprint density at radius 1 is 1.53 bits per heavy atom. The lowest BCUT2D eigenvalue weighted by Gasteiger charge is -2.37. The minimum absolute atomic E-state index is 0.0628. The van der Waals surface area contributed by atoms with Crippen LogP contribution in [0, 0.1) is 17.2 Å². The molecule has 0 aromatic heterocycles. The maximum absolute atomic E-state index is 11.3. The van der Waals surface area contributed by atoms with Crippen molar-refractivity contribution in [3.63, 3.8) is 0 Å². The van der Waals surface area contributed by atoms with Crippen molar-refractivity contribution in [3.8, 4) is 6.07 Å². The molecule has 0 atom stereocenters. The number of ether oxygens (including phenoxy) is 1. The fourth-order valence-corrected chi connectivity index (χ4v) is 2.00. The summed E-state index contributed by atoms with van der Waals surface area (Å²) in [4.78, 5) is 11.3. The van der Waals surface area contributed by atoms with E-state index < -0.39 is 0 Å². The van der Waals surface area contributed by atoms with Gasteiger partial charge in [-0.05, 0) is 32.6 Å². The molecule has 1 rings (SSSR count). The molecule has 0 unspecified atom stereocenters. The van der Waals surface area contributed by atoms with Crippen molar-refractivity contribution < 1.29 is 9.53 Å². The quantitative estimate of drug-likeness (QED) is 0.761. The highest BCUT2D eigenvalue weighted by atomic mass is 16.5. The van der Waals surface area contributed by atoms with Crippen LogP contribution in [-0.2, 0) is 9.53 Å². The third-order valence-corrected chi connectivity index (χ3v) is 2.94. The summed E-state index contributed by atoms with van der Waals surface area (Å²) < 4.78 is 5.28. The summed E-state index contributed by atoms with van der Waals surface area (Å²) in [5.74, 6) is 0.253. The average molecular weight is 210 g/mol. The molecule has 84 valence electrons. The second-order valence-corrected chi connectivity index (χ2v) is 4.49. The zero-order valence-electron chi connectivity index (χ0n) is 9.38. The molecular formula is C11H18N2O2. The van der Waals surface area contributed by atoms with Gasteiger partial charge in [-0.1, -0.05) is 0 Å². The second-order valence-electron chi connectivity index (χ2n) is 4.49. The molecule has 0 bridgehead atoms. The molecule has 4 heteroatoms. The van der Waals surface area contributed by atoms with Crippen LogP contribution in [0.5, 0.6) is 0 Å². The first-order valence-corrected chi connectivity index (χ1v) is 5.32. The molecule has 0 aliphatic carbocycles. The maximum atomic E-state index is 11.3. The van der Waals surface area contributed by atoms with Gasteiger partial charge in [0.1, 0.15) is 6.42 Å². The number of carbonyl (C=O) groups excluding carboxylic acids is 1. The van der Waals surface area contributed by atoms with E-state index in [0.717, 1.165) is 26.1 Å². The van der Waals surface area contributed by atoms with Crippen molar-refractivity contribution in [1.82, 2.24) is 5.32 Å². The number of nitriles is 1. The number of amides is 1. The lowest BCUT2D eigenvalue weighted by molar-refractivity contribution is -0.122. The van der Waals surface area contributed by atoms with Crippen LogP contribution in [0.15, 0.2) is 0 Å². The molecule has 15 heavy (non-hydrogen) atoms. The Balaban J connectivity index is 2.49. The number of carbonyl (C=O) groups is 1. The second kappa shape index (κ2) is 5.13. The molecule has 0 radical (unpaired) electrons. The summed E-state index contributed by atoms with van der Waals surface area (Å²) in [6.07, 6.45) is 1.88. The number of hydrogen-bond donors (Lipinski definition) is 1. The fourth-order valence-electron chi connectivity index (χ4n) is 2.00. The van der Waals surface area contributed by atoms with Crippen LogP contribution in [0.4, 0.5) is 0 Å². The molecule has 1 aliphatic heterocycles. The van der Waals surface area contributed by atoms with Gasteiger partial charge in [-0.3, -0.25) is 4.79 Å². The molecule has 1 fully saturated rings. The predicted molar refractivity (Wildman–Crippen MR) is 56.0 cm³/mol. The van der Waals surface area contributed by atoms with Gasteiger partial charge in [0, 0.05) is 18.8 Å². The topological polar surface area (TPSA) is 62.1 Å². The lowest BCUT2D eigenvalue weighted by atomic mass is 9.81. The number of rotatable bonds is 3. The minimum Gasteiger partial charge on any atom is -0.381 e. The normalized spacial score (nSPS) is 18.2. The fraction of sp³-hybridized carbons (Fsp3) is 0.818. The van der Waals surface area contributed by atoms with Gasteiger partial charge in [0.05, 0.1) is 6.07 Å². The smallest absolute Gasteiger partial charge is 0.234 e. The van der Waals surface area contributed by atoms with E-state index in [1.54, 1.807) is 0 Å². The molecule has 0 spiro atoms. The van der Waals surface area contributed by atoms with Crippen molar-refractivity contribution in [1.29, 1.82) is 5.26 Å². The van der Waals surface area contributed by atoms with Gasteiger partial charge >= 0.3 is 0 Å². The third kappa shape index (κ3) is 3.52. The molecule has 0 saturated carbocycles. The monoisotopic (exact) mass is 210 g/mol. The van der Waals surface area contributed by atoms with E-state index in [-0.39, 0.29) is 17.9 Å². The van der Waals surface area contributed by atoms with Crippen LogP contribution in [-0.4, -0.2) is 24.7 Å². The van der Waals surface area contributed by atoms with Gasteiger partial charge in [0.2, 0.25) is 5.91 Å². The van der Waals surface area contributed by atoms with Gasteiger partial charge in [-0.15, -0.1) is 0 Å². The molecular weight excluding hydrogens is 192 g/mol. The zero-order chi connectivity index (χ0) is 11.3. The van der Waals surface area contributed by atoms with E-state index in [1.165, 1.54) is 0 Å². The van der Waals surface area contributed by atoms with Crippen molar-refractivity contribution in [3.05, 3.63) is 0 Å². The predicted octanol–water partition coefficient (Wildman–Crippen LogP) is 1.22. The molecule has 0 aromatic carbocycles. The SMILES string of the molecule is CC(C)(NC(=O)CC#N)C1CCOCC1. The van der Waals surface area contributed by atoms with Crippen LogP contribution in [0.1, 0.15) is 33.1 Å². The zero-order valence-corrected chi connectivity index (χ0v) is 9.38. The first-order valence-electron chi connectivity index (χ1n) is 5.32. The van der Waals surface area contributed by atoms with Crippen molar-refractivity contribution in [2.75, 3.05) is 13.2 Å². The Morgan fingerprint density at radius 3 is 2.67 bits per heavy atom. The summed E-state index contributed by atoms with van der Waals surface area (Å²) in [5, 5.41) is 11.3. The molecule has 1 N–H and O–H groups in total. The Bertz CT molecular complexity index is 262. The molecule has 1 heterocycles. The molecule has 1 aliphatic rings. The van der Waals surface area contributed by atoms with Crippen molar-refractivity contribution in [2.45, 2.75) is 38.6 Å². The Morgan fingerprint density at radius 2 is 2.13 bits per heavy atom. The van der Waals surface area contributed by atoms with E-state index in [2.05, 4.69) is 5.32 Å². The van der Waals surface area contributed by atoms with Crippen LogP contribution in [0.3, 0.4) is 0 Å². The first-order chi connectivity index (χ1) is 7.06. The van der Waals surface area contributed by atoms with Gasteiger partial charge in [0.15, 0.2) is 0 Å².